The Balaban J connectivity index is 1.58. The second-order valence-electron chi connectivity index (χ2n) is 6.30. The molecule has 1 N–H and O–H groups in total. The van der Waals surface area contributed by atoms with Crippen LogP contribution in [0.5, 0.6) is 0 Å². The number of benzene rings is 2. The molecule has 1 amide bonds. The van der Waals surface area contributed by atoms with Gasteiger partial charge in [-0.15, -0.1) is 0 Å². The van der Waals surface area contributed by atoms with Gasteiger partial charge in [0.05, 0.1) is 13.2 Å². The van der Waals surface area contributed by atoms with Crippen LogP contribution in [0.1, 0.15) is 11.1 Å². The van der Waals surface area contributed by atoms with E-state index in [4.69, 9.17) is 0 Å². The first-order valence-corrected chi connectivity index (χ1v) is 8.47. The zero-order valence-electron chi connectivity index (χ0n) is 13.8. The third-order valence-corrected chi connectivity index (χ3v) is 4.61. The van der Waals surface area contributed by atoms with E-state index in [1.165, 1.54) is 5.56 Å². The molecule has 0 unspecified atom stereocenters. The first-order valence-electron chi connectivity index (χ1n) is 8.47. The molecule has 0 saturated carbocycles. The molecule has 1 saturated heterocycles. The number of hydrogen-bond donors (Lipinski definition) is 1. The lowest BCUT2D eigenvalue weighted by Gasteiger charge is -2.38. The fourth-order valence-corrected chi connectivity index (χ4v) is 3.20. The molecule has 0 aliphatic carbocycles. The summed E-state index contributed by atoms with van der Waals surface area (Å²) >= 11 is 0. The number of aliphatic hydroxyl groups excluding tert-OH is 1. The molecule has 2 aromatic carbocycles. The quantitative estimate of drug-likeness (QED) is 0.883. The van der Waals surface area contributed by atoms with Crippen LogP contribution in [0, 0.1) is 0 Å². The van der Waals surface area contributed by atoms with Crippen LogP contribution in [0.15, 0.2) is 60.7 Å². The Morgan fingerprint density at radius 3 is 2.12 bits per heavy atom. The van der Waals surface area contributed by atoms with Crippen LogP contribution in [-0.2, 0) is 17.8 Å². The molecular weight excluding hydrogens is 300 g/mol. The van der Waals surface area contributed by atoms with Crippen molar-refractivity contribution in [1.29, 1.82) is 0 Å². The Labute approximate surface area is 143 Å². The summed E-state index contributed by atoms with van der Waals surface area (Å²) in [6, 6.07) is 20.2. The minimum atomic E-state index is -0.00442. The van der Waals surface area contributed by atoms with Crippen LogP contribution in [0.4, 0.5) is 0 Å². The van der Waals surface area contributed by atoms with Gasteiger partial charge in [-0.3, -0.25) is 9.69 Å². The second-order valence-corrected chi connectivity index (χ2v) is 6.30. The van der Waals surface area contributed by atoms with E-state index in [1.807, 2.05) is 53.4 Å². The predicted octanol–water partition coefficient (Wildman–Crippen LogP) is 1.93. The van der Waals surface area contributed by atoms with Crippen LogP contribution in [0.25, 0.3) is 0 Å². The lowest BCUT2D eigenvalue weighted by Crippen LogP contribution is -2.54. The lowest BCUT2D eigenvalue weighted by atomic mass is 10.0. The molecule has 4 heteroatoms. The van der Waals surface area contributed by atoms with Gasteiger partial charge in [-0.1, -0.05) is 60.7 Å². The summed E-state index contributed by atoms with van der Waals surface area (Å²) in [6.07, 6.45) is 0.767. The van der Waals surface area contributed by atoms with Crippen molar-refractivity contribution in [3.8, 4) is 0 Å². The van der Waals surface area contributed by atoms with Gasteiger partial charge < -0.3 is 10.0 Å². The highest BCUT2D eigenvalue weighted by Gasteiger charge is 2.28. The van der Waals surface area contributed by atoms with Gasteiger partial charge >= 0.3 is 0 Å². The van der Waals surface area contributed by atoms with Crippen molar-refractivity contribution in [2.75, 3.05) is 26.2 Å². The Bertz CT molecular complexity index is 645. The van der Waals surface area contributed by atoms with Crippen LogP contribution < -0.4 is 0 Å². The van der Waals surface area contributed by atoms with Gasteiger partial charge in [-0.2, -0.15) is 0 Å². The van der Waals surface area contributed by atoms with E-state index in [1.54, 1.807) is 0 Å². The van der Waals surface area contributed by atoms with E-state index in [9.17, 15) is 9.90 Å². The van der Waals surface area contributed by atoms with Crippen LogP contribution in [0.2, 0.25) is 0 Å². The van der Waals surface area contributed by atoms with Gasteiger partial charge in [0.25, 0.3) is 0 Å². The number of carbonyl (C=O) groups is 1. The number of nitrogens with zero attached hydrogens (tertiary/aromatic N) is 2. The summed E-state index contributed by atoms with van der Waals surface area (Å²) in [5, 5.41) is 9.76. The summed E-state index contributed by atoms with van der Waals surface area (Å²) < 4.78 is 0. The smallest absolute Gasteiger partial charge is 0.237 e. The molecule has 24 heavy (non-hydrogen) atoms. The molecule has 1 fully saturated rings. The maximum absolute atomic E-state index is 12.5. The third kappa shape index (κ3) is 4.22. The molecule has 0 bridgehead atoms. The van der Waals surface area contributed by atoms with E-state index in [-0.39, 0.29) is 18.6 Å². The van der Waals surface area contributed by atoms with Crippen molar-refractivity contribution in [2.45, 2.75) is 19.0 Å². The highest BCUT2D eigenvalue weighted by Crippen LogP contribution is 2.14. The summed E-state index contributed by atoms with van der Waals surface area (Å²) in [7, 11) is 0. The highest BCUT2D eigenvalue weighted by atomic mass is 16.3. The summed E-state index contributed by atoms with van der Waals surface area (Å²) in [4.78, 5) is 16.5. The lowest BCUT2D eigenvalue weighted by molar-refractivity contribution is -0.138. The monoisotopic (exact) mass is 324 g/mol. The van der Waals surface area contributed by atoms with Crippen molar-refractivity contribution < 1.29 is 9.90 Å². The topological polar surface area (TPSA) is 43.8 Å². The van der Waals surface area contributed by atoms with Gasteiger partial charge in [0.1, 0.15) is 0 Å². The molecule has 1 aliphatic heterocycles. The molecule has 4 nitrogen and oxygen atoms in total. The number of amides is 1. The molecular formula is C20H24N2O2. The zero-order valence-corrected chi connectivity index (χ0v) is 13.8. The fourth-order valence-electron chi connectivity index (χ4n) is 3.20. The number of hydrogen-bond acceptors (Lipinski definition) is 3. The minimum Gasteiger partial charge on any atom is -0.395 e. The highest BCUT2D eigenvalue weighted by molar-refractivity contribution is 5.79. The average Bonchev–Trinajstić information content (AvgIpc) is 2.63. The Morgan fingerprint density at radius 1 is 0.917 bits per heavy atom. The predicted molar refractivity (Wildman–Crippen MR) is 94.5 cm³/mol. The Morgan fingerprint density at radius 2 is 1.54 bits per heavy atom. The molecule has 1 aliphatic rings. The molecule has 0 radical (unpaired) electrons. The molecule has 1 heterocycles. The second kappa shape index (κ2) is 8.08. The number of rotatable bonds is 6. The maximum Gasteiger partial charge on any atom is 0.237 e. The Kier molecular flexibility index (Phi) is 5.62. The maximum atomic E-state index is 12.5. The summed E-state index contributed by atoms with van der Waals surface area (Å²) in [5.41, 5.74) is 2.35. The first-order chi connectivity index (χ1) is 11.8. The van der Waals surface area contributed by atoms with Crippen molar-refractivity contribution >= 4 is 5.91 Å². The first kappa shape index (κ1) is 16.7. The zero-order chi connectivity index (χ0) is 16.8. The third-order valence-electron chi connectivity index (χ3n) is 4.61. The molecule has 1 atom stereocenters. The number of piperazine rings is 1. The van der Waals surface area contributed by atoms with Gasteiger partial charge in [-0.05, 0) is 17.5 Å². The standard InChI is InChI=1S/C20H24N2O2/c23-16-19(13-17-7-3-1-4-8-17)21-11-12-22(20(24)15-21)14-18-9-5-2-6-10-18/h1-10,19,23H,11-16H2/t19-/m0/s1. The molecule has 3 rings (SSSR count). The SMILES string of the molecule is O=C1CN([C@H](CO)Cc2ccccc2)CCN1Cc1ccccc1. The van der Waals surface area contributed by atoms with Gasteiger partial charge in [0.15, 0.2) is 0 Å². The largest absolute Gasteiger partial charge is 0.395 e. The van der Waals surface area contributed by atoms with Crippen molar-refractivity contribution in [2.24, 2.45) is 0 Å². The van der Waals surface area contributed by atoms with Gasteiger partial charge in [-0.25, -0.2) is 0 Å². The van der Waals surface area contributed by atoms with E-state index < -0.39 is 0 Å². The molecule has 126 valence electrons. The number of aliphatic hydroxyl groups is 1. The summed E-state index contributed by atoms with van der Waals surface area (Å²) in [6.45, 7) is 2.62. The van der Waals surface area contributed by atoms with E-state index in [2.05, 4.69) is 17.0 Å². The minimum absolute atomic E-state index is 0.00442. The molecule has 0 aromatic heterocycles. The van der Waals surface area contributed by atoms with E-state index in [0.717, 1.165) is 18.5 Å². The number of carbonyl (C=O) groups excluding carboxylic acids is 1. The normalized spacial score (nSPS) is 17.0. The Hall–Kier alpha value is -2.17. The van der Waals surface area contributed by atoms with E-state index in [0.29, 0.717) is 19.6 Å². The molecule has 0 spiro atoms. The summed E-state index contributed by atoms with van der Waals surface area (Å²) in [5.74, 6) is 0.136. The van der Waals surface area contributed by atoms with Gasteiger partial charge in [0.2, 0.25) is 5.91 Å². The van der Waals surface area contributed by atoms with Crippen LogP contribution in [0.3, 0.4) is 0 Å². The molecule has 2 aromatic rings. The van der Waals surface area contributed by atoms with Crippen molar-refractivity contribution in [3.05, 3.63) is 71.8 Å². The van der Waals surface area contributed by atoms with Gasteiger partial charge in [0, 0.05) is 25.7 Å². The van der Waals surface area contributed by atoms with Crippen molar-refractivity contribution in [1.82, 2.24) is 9.80 Å². The van der Waals surface area contributed by atoms with E-state index >= 15 is 0 Å². The van der Waals surface area contributed by atoms with Crippen LogP contribution in [-0.4, -0.2) is 53.1 Å². The van der Waals surface area contributed by atoms with Crippen molar-refractivity contribution in [3.63, 3.8) is 0 Å². The fraction of sp³-hybridized carbons (Fsp3) is 0.350. The van der Waals surface area contributed by atoms with Crippen LogP contribution >= 0.6 is 0 Å². The average molecular weight is 324 g/mol.